The van der Waals surface area contributed by atoms with Gasteiger partial charge in [0.05, 0.1) is 6.10 Å². The summed E-state index contributed by atoms with van der Waals surface area (Å²) in [6, 6.07) is 10.6. The molecular formula is C25H28N2O5. The van der Waals surface area contributed by atoms with E-state index >= 15 is 0 Å². The molecular weight excluding hydrogens is 408 g/mol. The van der Waals surface area contributed by atoms with Gasteiger partial charge in [-0.2, -0.15) is 0 Å². The fourth-order valence-corrected chi connectivity index (χ4v) is 4.74. The molecule has 4 rings (SSSR count). The van der Waals surface area contributed by atoms with Gasteiger partial charge in [0.25, 0.3) is 5.56 Å². The van der Waals surface area contributed by atoms with Crippen molar-refractivity contribution in [1.82, 2.24) is 10.0 Å². The third-order valence-corrected chi connectivity index (χ3v) is 6.35. The second kappa shape index (κ2) is 9.14. The Kier molecular flexibility index (Phi) is 6.30. The van der Waals surface area contributed by atoms with E-state index < -0.39 is 11.7 Å². The highest BCUT2D eigenvalue weighted by molar-refractivity contribution is 5.88. The van der Waals surface area contributed by atoms with Crippen molar-refractivity contribution in [2.75, 3.05) is 6.54 Å². The number of fused-ring (bicyclic) bond motifs is 2. The SMILES string of the molecule is CCc1cc2c(cc1CC)CC(NC[C@H](O)c1ccc(O)c3c1ccc(=O)n3OC=O)C2. The molecule has 0 fully saturated rings. The lowest BCUT2D eigenvalue weighted by Gasteiger charge is -2.19. The predicted molar refractivity (Wildman–Crippen MR) is 122 cm³/mol. The minimum absolute atomic E-state index is 0.0496. The first-order chi connectivity index (χ1) is 15.5. The fourth-order valence-electron chi connectivity index (χ4n) is 4.74. The van der Waals surface area contributed by atoms with Crippen LogP contribution in [0.2, 0.25) is 0 Å². The molecule has 3 N–H and O–H groups in total. The van der Waals surface area contributed by atoms with Crippen molar-refractivity contribution in [2.24, 2.45) is 0 Å². The number of aliphatic hydroxyl groups excluding tert-OH is 1. The molecule has 7 nitrogen and oxygen atoms in total. The van der Waals surface area contributed by atoms with E-state index in [1.165, 1.54) is 40.5 Å². The van der Waals surface area contributed by atoms with E-state index in [2.05, 4.69) is 31.3 Å². The van der Waals surface area contributed by atoms with E-state index in [9.17, 15) is 19.8 Å². The number of nitrogens with one attached hydrogen (secondary N) is 1. The van der Waals surface area contributed by atoms with Gasteiger partial charge in [-0.25, -0.2) is 0 Å². The van der Waals surface area contributed by atoms with Gasteiger partial charge in [0.1, 0.15) is 11.3 Å². The molecule has 0 amide bonds. The number of aromatic nitrogens is 1. The molecule has 2 aromatic carbocycles. The third kappa shape index (κ3) is 4.01. The van der Waals surface area contributed by atoms with Crippen molar-refractivity contribution in [3.8, 4) is 5.75 Å². The summed E-state index contributed by atoms with van der Waals surface area (Å²) in [7, 11) is 0. The van der Waals surface area contributed by atoms with Crippen LogP contribution >= 0.6 is 0 Å². The molecule has 32 heavy (non-hydrogen) atoms. The Morgan fingerprint density at radius 2 is 1.78 bits per heavy atom. The molecule has 1 aromatic heterocycles. The minimum Gasteiger partial charge on any atom is -0.506 e. The maximum Gasteiger partial charge on any atom is 0.321 e. The summed E-state index contributed by atoms with van der Waals surface area (Å²) in [6.07, 6.45) is 3.02. The van der Waals surface area contributed by atoms with Crippen molar-refractivity contribution in [1.29, 1.82) is 0 Å². The van der Waals surface area contributed by atoms with Gasteiger partial charge in [0, 0.05) is 24.0 Å². The van der Waals surface area contributed by atoms with E-state index in [-0.39, 0.29) is 23.8 Å². The highest BCUT2D eigenvalue weighted by atomic mass is 16.7. The number of hydrogen-bond donors (Lipinski definition) is 3. The summed E-state index contributed by atoms with van der Waals surface area (Å²) in [5.74, 6) is -0.215. The molecule has 1 heterocycles. The van der Waals surface area contributed by atoms with Gasteiger partial charge < -0.3 is 20.4 Å². The first-order valence-electron chi connectivity index (χ1n) is 11.0. The first-order valence-corrected chi connectivity index (χ1v) is 11.0. The lowest BCUT2D eigenvalue weighted by Crippen LogP contribution is -2.33. The minimum atomic E-state index is -0.874. The lowest BCUT2D eigenvalue weighted by molar-refractivity contribution is -0.129. The van der Waals surface area contributed by atoms with Crippen LogP contribution in [0.15, 0.2) is 41.2 Å². The molecule has 7 heteroatoms. The predicted octanol–water partition coefficient (Wildman–Crippen LogP) is 2.21. The second-order valence-corrected chi connectivity index (χ2v) is 8.23. The maximum atomic E-state index is 12.0. The molecule has 1 aliphatic rings. The summed E-state index contributed by atoms with van der Waals surface area (Å²) in [4.78, 5) is 27.6. The molecule has 0 aliphatic heterocycles. The average molecular weight is 437 g/mol. The number of rotatable bonds is 8. The number of pyridine rings is 1. The van der Waals surface area contributed by atoms with Crippen molar-refractivity contribution >= 4 is 17.4 Å². The Balaban J connectivity index is 1.53. The number of nitrogens with zero attached hydrogens (tertiary/aromatic N) is 1. The number of aryl methyl sites for hydroxylation is 2. The van der Waals surface area contributed by atoms with Crippen LogP contribution in [-0.4, -0.2) is 34.0 Å². The second-order valence-electron chi connectivity index (χ2n) is 8.23. The van der Waals surface area contributed by atoms with Gasteiger partial charge in [0.15, 0.2) is 0 Å². The number of aromatic hydroxyl groups is 1. The summed E-state index contributed by atoms with van der Waals surface area (Å²) >= 11 is 0. The van der Waals surface area contributed by atoms with Crippen molar-refractivity contribution < 1.29 is 19.8 Å². The molecule has 0 saturated carbocycles. The number of carbonyl (C=O) groups excluding carboxylic acids is 1. The molecule has 0 spiro atoms. The van der Waals surface area contributed by atoms with E-state index in [1.54, 1.807) is 6.07 Å². The number of phenolic OH excluding ortho intramolecular Hbond substituents is 1. The largest absolute Gasteiger partial charge is 0.506 e. The Morgan fingerprint density at radius 3 is 2.38 bits per heavy atom. The third-order valence-electron chi connectivity index (χ3n) is 6.35. The smallest absolute Gasteiger partial charge is 0.321 e. The first kappa shape index (κ1) is 22.0. The molecule has 168 valence electrons. The van der Waals surface area contributed by atoms with Crippen molar-refractivity contribution in [2.45, 2.75) is 51.7 Å². The van der Waals surface area contributed by atoms with Crippen LogP contribution in [0.4, 0.5) is 0 Å². The lowest BCUT2D eigenvalue weighted by atomic mass is 9.97. The van der Waals surface area contributed by atoms with E-state index in [0.717, 1.165) is 30.4 Å². The molecule has 1 aliphatic carbocycles. The summed E-state index contributed by atoms with van der Waals surface area (Å²) in [5, 5.41) is 25.0. The molecule has 3 aromatic rings. The Labute approximate surface area is 186 Å². The van der Waals surface area contributed by atoms with E-state index in [0.29, 0.717) is 17.5 Å². The maximum absolute atomic E-state index is 12.0. The van der Waals surface area contributed by atoms with Crippen LogP contribution in [0.5, 0.6) is 5.75 Å². The summed E-state index contributed by atoms with van der Waals surface area (Å²) < 4.78 is 0.728. The monoisotopic (exact) mass is 436 g/mol. The van der Waals surface area contributed by atoms with Crippen LogP contribution in [0.3, 0.4) is 0 Å². The highest BCUT2D eigenvalue weighted by Gasteiger charge is 2.24. The Morgan fingerprint density at radius 1 is 1.12 bits per heavy atom. The van der Waals surface area contributed by atoms with Gasteiger partial charge in [-0.15, -0.1) is 4.73 Å². The number of hydrogen-bond acceptors (Lipinski definition) is 6. The molecule has 1 atom stereocenters. The van der Waals surface area contributed by atoms with Gasteiger partial charge in [-0.1, -0.05) is 32.0 Å². The molecule has 0 saturated heterocycles. The number of benzene rings is 2. The molecule has 0 unspecified atom stereocenters. The Bertz CT molecular complexity index is 1180. The standard InChI is InChI=1S/C25H28N2O5/c1-3-15-9-17-11-19(12-18(17)10-16(15)4-2)26-13-23(30)20-5-7-22(29)25-21(20)6-8-24(31)27(25)32-14-28/h5-10,14,19,23,26,29-30H,3-4,11-13H2,1-2H3/t23-/m0/s1. The van der Waals surface area contributed by atoms with Crippen LogP contribution in [0.25, 0.3) is 10.9 Å². The normalized spacial score (nSPS) is 14.5. The molecule has 0 bridgehead atoms. The zero-order chi connectivity index (χ0) is 22.8. The topological polar surface area (TPSA) is 101 Å². The zero-order valence-corrected chi connectivity index (χ0v) is 18.3. The fraction of sp³-hybridized carbons (Fsp3) is 0.360. The van der Waals surface area contributed by atoms with Gasteiger partial charge in [-0.05, 0) is 65.6 Å². The number of aliphatic hydroxyl groups is 1. The zero-order valence-electron chi connectivity index (χ0n) is 18.3. The van der Waals surface area contributed by atoms with Crippen molar-refractivity contribution in [3.05, 3.63) is 74.6 Å². The number of phenols is 1. The van der Waals surface area contributed by atoms with Crippen LogP contribution in [0, 0.1) is 0 Å². The quantitative estimate of drug-likeness (QED) is 0.468. The average Bonchev–Trinajstić information content (AvgIpc) is 3.20. The van der Waals surface area contributed by atoms with Crippen LogP contribution < -0.4 is 15.7 Å². The van der Waals surface area contributed by atoms with Crippen LogP contribution in [0.1, 0.15) is 47.8 Å². The summed E-state index contributed by atoms with van der Waals surface area (Å²) in [6.45, 7) is 4.80. The Hall–Kier alpha value is -3.16. The number of carbonyl (C=O) groups is 1. The van der Waals surface area contributed by atoms with E-state index in [1.807, 2.05) is 0 Å². The summed E-state index contributed by atoms with van der Waals surface area (Å²) in [5.41, 5.74) is 5.55. The van der Waals surface area contributed by atoms with Crippen LogP contribution in [-0.2, 0) is 30.5 Å². The van der Waals surface area contributed by atoms with Gasteiger partial charge >= 0.3 is 6.47 Å². The van der Waals surface area contributed by atoms with Gasteiger partial charge in [-0.3, -0.25) is 9.59 Å². The van der Waals surface area contributed by atoms with Gasteiger partial charge in [0.2, 0.25) is 0 Å². The highest BCUT2D eigenvalue weighted by Crippen LogP contribution is 2.31. The molecule has 0 radical (unpaired) electrons. The van der Waals surface area contributed by atoms with E-state index in [4.69, 9.17) is 4.84 Å². The van der Waals surface area contributed by atoms with Crippen molar-refractivity contribution in [3.63, 3.8) is 0 Å².